The number of ether oxygens (including phenoxy) is 1. The van der Waals surface area contributed by atoms with E-state index in [4.69, 9.17) is 16.3 Å². The average molecular weight is 389 g/mol. The minimum atomic E-state index is -0.595. The van der Waals surface area contributed by atoms with Crippen LogP contribution in [0.25, 0.3) is 0 Å². The molecule has 0 spiro atoms. The molecule has 6 heteroatoms. The van der Waals surface area contributed by atoms with Crippen molar-refractivity contribution in [2.45, 2.75) is 25.9 Å². The number of hydrogen-bond acceptors (Lipinski definition) is 3. The molecule has 0 saturated heterocycles. The Hall–Kier alpha value is -2.37. The molecule has 144 valence electrons. The highest BCUT2D eigenvalue weighted by Crippen LogP contribution is 2.14. The number of hydrogen-bond donors (Lipinski definition) is 1. The van der Waals surface area contributed by atoms with E-state index in [-0.39, 0.29) is 18.2 Å². The molecule has 0 aliphatic rings. The largest absolute Gasteiger partial charge is 0.383 e. The fourth-order valence-electron chi connectivity index (χ4n) is 2.67. The molecule has 0 saturated carbocycles. The molecule has 2 rings (SSSR count). The number of carbonyl (C=O) groups is 2. The van der Waals surface area contributed by atoms with Crippen molar-refractivity contribution in [3.8, 4) is 0 Å². The van der Waals surface area contributed by atoms with Gasteiger partial charge in [0.2, 0.25) is 11.8 Å². The third-order valence-corrected chi connectivity index (χ3v) is 4.49. The number of nitrogens with zero attached hydrogens (tertiary/aromatic N) is 1. The van der Waals surface area contributed by atoms with Gasteiger partial charge in [-0.15, -0.1) is 0 Å². The molecule has 2 aromatic carbocycles. The van der Waals surface area contributed by atoms with Crippen molar-refractivity contribution in [3.05, 3.63) is 70.7 Å². The Morgan fingerprint density at radius 2 is 1.74 bits per heavy atom. The Morgan fingerprint density at radius 1 is 1.07 bits per heavy atom. The van der Waals surface area contributed by atoms with Gasteiger partial charge >= 0.3 is 0 Å². The predicted octanol–water partition coefficient (Wildman–Crippen LogP) is 3.06. The van der Waals surface area contributed by atoms with Crippen LogP contribution < -0.4 is 5.32 Å². The van der Waals surface area contributed by atoms with Crippen molar-refractivity contribution in [3.63, 3.8) is 0 Å². The van der Waals surface area contributed by atoms with E-state index in [2.05, 4.69) is 5.32 Å². The van der Waals surface area contributed by atoms with E-state index in [0.29, 0.717) is 24.7 Å². The third kappa shape index (κ3) is 6.70. The van der Waals surface area contributed by atoms with Crippen LogP contribution in [0.5, 0.6) is 0 Å². The van der Waals surface area contributed by atoms with Gasteiger partial charge in [-0.1, -0.05) is 54.1 Å². The summed E-state index contributed by atoms with van der Waals surface area (Å²) in [6, 6.07) is 16.2. The van der Waals surface area contributed by atoms with Gasteiger partial charge in [0.15, 0.2) is 0 Å². The van der Waals surface area contributed by atoms with Crippen LogP contribution in [0.1, 0.15) is 18.1 Å². The highest BCUT2D eigenvalue weighted by atomic mass is 35.5. The van der Waals surface area contributed by atoms with Crippen LogP contribution in [-0.2, 0) is 27.3 Å². The quantitative estimate of drug-likeness (QED) is 0.671. The number of amides is 2. The summed E-state index contributed by atoms with van der Waals surface area (Å²) in [6.45, 7) is 2.94. The molecule has 1 unspecified atom stereocenters. The number of halogens is 1. The van der Waals surface area contributed by atoms with Crippen LogP contribution >= 0.6 is 11.6 Å². The minimum absolute atomic E-state index is 0.115. The summed E-state index contributed by atoms with van der Waals surface area (Å²) in [5.74, 6) is -0.317. The molecule has 2 amide bonds. The number of nitrogens with one attached hydrogen (secondary N) is 1. The van der Waals surface area contributed by atoms with Gasteiger partial charge in [0.25, 0.3) is 0 Å². The SMILES string of the molecule is COCCNC(=O)C(C)N(Cc1ccccc1)C(=O)Cc1ccc(Cl)cc1. The fourth-order valence-corrected chi connectivity index (χ4v) is 2.79. The number of rotatable bonds is 9. The van der Waals surface area contributed by atoms with Gasteiger partial charge in [0.1, 0.15) is 6.04 Å². The molecule has 0 fully saturated rings. The first kappa shape index (κ1) is 20.9. The monoisotopic (exact) mass is 388 g/mol. The maximum atomic E-state index is 13.0. The molecule has 0 aliphatic carbocycles. The Kier molecular flexibility index (Phi) is 8.30. The van der Waals surface area contributed by atoms with Crippen molar-refractivity contribution in [1.82, 2.24) is 10.2 Å². The molecule has 0 radical (unpaired) electrons. The molecule has 0 aliphatic heterocycles. The first-order chi connectivity index (χ1) is 13.0. The first-order valence-electron chi connectivity index (χ1n) is 8.85. The molecule has 1 N–H and O–H groups in total. The van der Waals surface area contributed by atoms with Crippen LogP contribution in [0.3, 0.4) is 0 Å². The van der Waals surface area contributed by atoms with E-state index in [1.807, 2.05) is 42.5 Å². The van der Waals surface area contributed by atoms with Crippen LogP contribution in [0, 0.1) is 0 Å². The molecule has 2 aromatic rings. The summed E-state index contributed by atoms with van der Waals surface area (Å²) in [4.78, 5) is 27.0. The summed E-state index contributed by atoms with van der Waals surface area (Å²) in [7, 11) is 1.58. The topological polar surface area (TPSA) is 58.6 Å². The zero-order valence-electron chi connectivity index (χ0n) is 15.7. The van der Waals surface area contributed by atoms with Crippen molar-refractivity contribution in [2.75, 3.05) is 20.3 Å². The van der Waals surface area contributed by atoms with Gasteiger partial charge in [-0.05, 0) is 30.2 Å². The second kappa shape index (κ2) is 10.7. The van der Waals surface area contributed by atoms with Gasteiger partial charge in [0, 0.05) is 25.2 Å². The Bertz CT molecular complexity index is 735. The zero-order chi connectivity index (χ0) is 19.6. The molecule has 0 aromatic heterocycles. The maximum Gasteiger partial charge on any atom is 0.242 e. The molecular weight excluding hydrogens is 364 g/mol. The lowest BCUT2D eigenvalue weighted by Crippen LogP contribution is -2.48. The third-order valence-electron chi connectivity index (χ3n) is 4.24. The molecule has 0 bridgehead atoms. The standard InChI is InChI=1S/C21H25ClN2O3/c1-16(21(26)23-12-13-27-2)24(15-18-6-4-3-5-7-18)20(25)14-17-8-10-19(22)11-9-17/h3-11,16H,12-15H2,1-2H3,(H,23,26). The number of benzene rings is 2. The minimum Gasteiger partial charge on any atom is -0.383 e. The highest BCUT2D eigenvalue weighted by Gasteiger charge is 2.26. The van der Waals surface area contributed by atoms with E-state index >= 15 is 0 Å². The maximum absolute atomic E-state index is 13.0. The lowest BCUT2D eigenvalue weighted by atomic mass is 10.1. The normalized spacial score (nSPS) is 11.7. The van der Waals surface area contributed by atoms with Crippen LogP contribution in [-0.4, -0.2) is 43.0 Å². The summed E-state index contributed by atoms with van der Waals surface area (Å²) < 4.78 is 4.96. The van der Waals surface area contributed by atoms with Crippen LogP contribution in [0.4, 0.5) is 0 Å². The Morgan fingerprint density at radius 3 is 2.37 bits per heavy atom. The van der Waals surface area contributed by atoms with Gasteiger partial charge in [-0.3, -0.25) is 9.59 Å². The summed E-state index contributed by atoms with van der Waals surface area (Å²) in [5, 5.41) is 3.42. The second-order valence-corrected chi connectivity index (χ2v) is 6.71. The van der Waals surface area contributed by atoms with E-state index in [9.17, 15) is 9.59 Å². The van der Waals surface area contributed by atoms with Crippen molar-refractivity contribution in [2.24, 2.45) is 0 Å². The molecule has 27 heavy (non-hydrogen) atoms. The second-order valence-electron chi connectivity index (χ2n) is 6.27. The van der Waals surface area contributed by atoms with E-state index in [0.717, 1.165) is 11.1 Å². The molecular formula is C21H25ClN2O3. The van der Waals surface area contributed by atoms with Crippen LogP contribution in [0.15, 0.2) is 54.6 Å². The predicted molar refractivity (Wildman–Crippen MR) is 106 cm³/mol. The Balaban J connectivity index is 2.13. The number of carbonyl (C=O) groups excluding carboxylic acids is 2. The van der Waals surface area contributed by atoms with E-state index in [1.54, 1.807) is 31.1 Å². The van der Waals surface area contributed by atoms with Gasteiger partial charge in [0.05, 0.1) is 13.0 Å². The van der Waals surface area contributed by atoms with Crippen molar-refractivity contribution < 1.29 is 14.3 Å². The molecule has 5 nitrogen and oxygen atoms in total. The zero-order valence-corrected chi connectivity index (χ0v) is 16.4. The summed E-state index contributed by atoms with van der Waals surface area (Å²) >= 11 is 5.91. The highest BCUT2D eigenvalue weighted by molar-refractivity contribution is 6.30. The van der Waals surface area contributed by atoms with Gasteiger partial charge in [-0.2, -0.15) is 0 Å². The Labute approximate surface area is 165 Å². The number of methoxy groups -OCH3 is 1. The fraction of sp³-hybridized carbons (Fsp3) is 0.333. The van der Waals surface area contributed by atoms with Gasteiger partial charge in [-0.25, -0.2) is 0 Å². The van der Waals surface area contributed by atoms with Crippen molar-refractivity contribution in [1.29, 1.82) is 0 Å². The summed E-state index contributed by atoms with van der Waals surface area (Å²) in [6.07, 6.45) is 0.208. The molecule has 0 heterocycles. The first-order valence-corrected chi connectivity index (χ1v) is 9.23. The molecule has 1 atom stereocenters. The summed E-state index contributed by atoms with van der Waals surface area (Å²) in [5.41, 5.74) is 1.83. The van der Waals surface area contributed by atoms with E-state index < -0.39 is 6.04 Å². The average Bonchev–Trinajstić information content (AvgIpc) is 2.68. The lowest BCUT2D eigenvalue weighted by molar-refractivity contribution is -0.140. The van der Waals surface area contributed by atoms with Crippen LogP contribution in [0.2, 0.25) is 5.02 Å². The van der Waals surface area contributed by atoms with E-state index in [1.165, 1.54) is 0 Å². The van der Waals surface area contributed by atoms with Crippen molar-refractivity contribution >= 4 is 23.4 Å². The van der Waals surface area contributed by atoms with Gasteiger partial charge < -0.3 is 15.0 Å². The lowest BCUT2D eigenvalue weighted by Gasteiger charge is -2.29. The smallest absolute Gasteiger partial charge is 0.242 e.